The second kappa shape index (κ2) is 8.07. The minimum atomic E-state index is 0.0153. The molecular weight excluding hydrogens is 250 g/mol. The highest BCUT2D eigenvalue weighted by molar-refractivity contribution is 7.98. The third-order valence-corrected chi connectivity index (χ3v) is 3.60. The first-order valence-corrected chi connectivity index (χ1v) is 7.57. The molecule has 1 atom stereocenters. The summed E-state index contributed by atoms with van der Waals surface area (Å²) >= 11 is 1.60. The quantitative estimate of drug-likeness (QED) is 0.724. The number of unbranched alkanes of at least 4 members (excludes halogenated alkanes) is 1. The van der Waals surface area contributed by atoms with Crippen molar-refractivity contribution in [2.45, 2.75) is 44.9 Å². The molecule has 18 heavy (non-hydrogen) atoms. The number of carbonyl (C=O) groups excluding carboxylic acids is 1. The molecule has 1 amide bonds. The first-order chi connectivity index (χ1) is 8.72. The Kier molecular flexibility index (Phi) is 6.70. The van der Waals surface area contributed by atoms with Gasteiger partial charge in [0, 0.05) is 19.5 Å². The topological polar surface area (TPSA) is 72.7 Å². The van der Waals surface area contributed by atoms with E-state index in [9.17, 15) is 4.79 Å². The molecule has 0 aliphatic rings. The molecule has 1 heterocycles. The summed E-state index contributed by atoms with van der Waals surface area (Å²) in [6.07, 6.45) is 4.49. The van der Waals surface area contributed by atoms with Crippen LogP contribution < -0.4 is 5.32 Å². The maximum atomic E-state index is 11.8. The Morgan fingerprint density at radius 2 is 2.28 bits per heavy atom. The van der Waals surface area contributed by atoms with Gasteiger partial charge in [0.15, 0.2) is 5.82 Å². The van der Waals surface area contributed by atoms with E-state index < -0.39 is 0 Å². The lowest BCUT2D eigenvalue weighted by Crippen LogP contribution is -2.26. The van der Waals surface area contributed by atoms with Gasteiger partial charge in [-0.1, -0.05) is 13.3 Å². The van der Waals surface area contributed by atoms with Gasteiger partial charge in [-0.15, -0.1) is 5.10 Å². The number of thioether (sulfide) groups is 1. The Bertz CT molecular complexity index is 368. The minimum absolute atomic E-state index is 0.0153. The molecule has 102 valence electrons. The number of rotatable bonds is 8. The van der Waals surface area contributed by atoms with Crippen LogP contribution in [0.15, 0.2) is 0 Å². The van der Waals surface area contributed by atoms with E-state index in [4.69, 9.17) is 0 Å². The molecule has 7 heteroatoms. The molecule has 6 nitrogen and oxygen atoms in total. The summed E-state index contributed by atoms with van der Waals surface area (Å²) < 4.78 is 1.74. The maximum absolute atomic E-state index is 11.8. The first-order valence-electron chi connectivity index (χ1n) is 6.28. The Morgan fingerprint density at radius 3 is 2.89 bits per heavy atom. The molecular formula is C11H21N5OS. The summed E-state index contributed by atoms with van der Waals surface area (Å²) in [5.41, 5.74) is 0. The number of aromatic nitrogens is 4. The van der Waals surface area contributed by atoms with E-state index in [0.717, 1.165) is 31.8 Å². The minimum Gasteiger partial charge on any atom is -0.356 e. The van der Waals surface area contributed by atoms with Gasteiger partial charge in [-0.2, -0.15) is 11.8 Å². The van der Waals surface area contributed by atoms with Gasteiger partial charge in [-0.05, 0) is 30.0 Å². The van der Waals surface area contributed by atoms with Crippen LogP contribution in [-0.4, -0.2) is 38.9 Å². The van der Waals surface area contributed by atoms with Crippen molar-refractivity contribution in [3.63, 3.8) is 0 Å². The summed E-state index contributed by atoms with van der Waals surface area (Å²) in [6.45, 7) is 5.55. The van der Waals surface area contributed by atoms with E-state index >= 15 is 0 Å². The second-order valence-corrected chi connectivity index (χ2v) is 5.03. The number of hydrogen-bond acceptors (Lipinski definition) is 5. The van der Waals surface area contributed by atoms with Crippen molar-refractivity contribution in [1.82, 2.24) is 25.5 Å². The molecule has 0 aliphatic heterocycles. The van der Waals surface area contributed by atoms with Crippen molar-refractivity contribution >= 4 is 17.7 Å². The molecule has 1 unspecified atom stereocenters. The van der Waals surface area contributed by atoms with Crippen molar-refractivity contribution in [3.05, 3.63) is 5.82 Å². The number of carbonyl (C=O) groups is 1. The predicted octanol–water partition coefficient (Wildman–Crippen LogP) is 1.40. The molecule has 1 aromatic heterocycles. The van der Waals surface area contributed by atoms with Gasteiger partial charge in [-0.3, -0.25) is 4.79 Å². The van der Waals surface area contributed by atoms with E-state index in [0.29, 0.717) is 6.42 Å². The average Bonchev–Trinajstić information content (AvgIpc) is 2.84. The average molecular weight is 271 g/mol. The second-order valence-electron chi connectivity index (χ2n) is 3.98. The molecule has 1 aromatic rings. The summed E-state index contributed by atoms with van der Waals surface area (Å²) in [5.74, 6) is 0.837. The predicted molar refractivity (Wildman–Crippen MR) is 72.3 cm³/mol. The van der Waals surface area contributed by atoms with Crippen LogP contribution in [0.25, 0.3) is 0 Å². The van der Waals surface area contributed by atoms with Crippen molar-refractivity contribution in [2.24, 2.45) is 0 Å². The zero-order valence-corrected chi connectivity index (χ0v) is 12.0. The van der Waals surface area contributed by atoms with Gasteiger partial charge < -0.3 is 5.32 Å². The van der Waals surface area contributed by atoms with Crippen LogP contribution in [0.2, 0.25) is 0 Å². The van der Waals surface area contributed by atoms with Gasteiger partial charge >= 0.3 is 0 Å². The van der Waals surface area contributed by atoms with Crippen LogP contribution in [0.1, 0.15) is 44.2 Å². The molecule has 0 fully saturated rings. The van der Waals surface area contributed by atoms with Crippen LogP contribution in [0, 0.1) is 0 Å². The summed E-state index contributed by atoms with van der Waals surface area (Å²) in [7, 11) is 0. The Balaban J connectivity index is 2.54. The van der Waals surface area contributed by atoms with Gasteiger partial charge in [0.25, 0.3) is 0 Å². The van der Waals surface area contributed by atoms with E-state index in [1.165, 1.54) is 0 Å². The van der Waals surface area contributed by atoms with Crippen LogP contribution in [0.4, 0.5) is 0 Å². The number of tetrazole rings is 1. The fourth-order valence-corrected chi connectivity index (χ4v) is 2.29. The lowest BCUT2D eigenvalue weighted by molar-refractivity contribution is -0.121. The van der Waals surface area contributed by atoms with E-state index in [1.54, 1.807) is 16.4 Å². The van der Waals surface area contributed by atoms with E-state index in [1.807, 2.05) is 13.2 Å². The summed E-state index contributed by atoms with van der Waals surface area (Å²) in [5, 5.41) is 14.5. The Hall–Kier alpha value is -1.11. The molecule has 0 saturated heterocycles. The van der Waals surface area contributed by atoms with Crippen molar-refractivity contribution < 1.29 is 4.79 Å². The zero-order chi connectivity index (χ0) is 13.4. The van der Waals surface area contributed by atoms with Gasteiger partial charge in [0.2, 0.25) is 5.91 Å². The number of nitrogens with one attached hydrogen (secondary N) is 1. The normalized spacial score (nSPS) is 12.4. The van der Waals surface area contributed by atoms with Crippen molar-refractivity contribution in [3.8, 4) is 0 Å². The third-order valence-electron chi connectivity index (χ3n) is 2.65. The highest BCUT2D eigenvalue weighted by Crippen LogP contribution is 2.27. The summed E-state index contributed by atoms with van der Waals surface area (Å²) in [6, 6.07) is 0. The SMILES string of the molecule is CCCCNC(=O)CC(SC)c1nnnn1CC. The van der Waals surface area contributed by atoms with Crippen LogP contribution in [0.3, 0.4) is 0 Å². The number of hydrogen-bond donors (Lipinski definition) is 1. The van der Waals surface area contributed by atoms with Gasteiger partial charge in [0.1, 0.15) is 0 Å². The standard InChI is InChI=1S/C11H21N5OS/c1-4-6-7-12-10(17)8-9(18-3)11-13-14-15-16(11)5-2/h9H,4-8H2,1-3H3,(H,12,17). The molecule has 0 aliphatic carbocycles. The molecule has 0 saturated carbocycles. The maximum Gasteiger partial charge on any atom is 0.221 e. The Morgan fingerprint density at radius 1 is 1.50 bits per heavy atom. The third kappa shape index (κ3) is 4.29. The van der Waals surface area contributed by atoms with E-state index in [2.05, 4.69) is 27.8 Å². The van der Waals surface area contributed by atoms with Gasteiger partial charge in [-0.25, -0.2) is 4.68 Å². The Labute approximate surface area is 112 Å². The monoisotopic (exact) mass is 271 g/mol. The molecule has 1 N–H and O–H groups in total. The van der Waals surface area contributed by atoms with Crippen molar-refractivity contribution in [2.75, 3.05) is 12.8 Å². The molecule has 1 rings (SSSR count). The molecule has 0 spiro atoms. The van der Waals surface area contributed by atoms with Crippen LogP contribution >= 0.6 is 11.8 Å². The fraction of sp³-hybridized carbons (Fsp3) is 0.818. The lowest BCUT2D eigenvalue weighted by Gasteiger charge is -2.13. The zero-order valence-electron chi connectivity index (χ0n) is 11.2. The van der Waals surface area contributed by atoms with Gasteiger partial charge in [0.05, 0.1) is 5.25 Å². The largest absolute Gasteiger partial charge is 0.356 e. The molecule has 0 radical (unpaired) electrons. The smallest absolute Gasteiger partial charge is 0.221 e. The lowest BCUT2D eigenvalue weighted by atomic mass is 10.2. The van der Waals surface area contributed by atoms with Crippen LogP contribution in [-0.2, 0) is 11.3 Å². The molecule has 0 aromatic carbocycles. The summed E-state index contributed by atoms with van der Waals surface area (Å²) in [4.78, 5) is 11.8. The van der Waals surface area contributed by atoms with Crippen molar-refractivity contribution in [1.29, 1.82) is 0 Å². The number of aryl methyl sites for hydroxylation is 1. The fourth-order valence-electron chi connectivity index (χ4n) is 1.59. The first kappa shape index (κ1) is 14.9. The highest BCUT2D eigenvalue weighted by Gasteiger charge is 2.20. The number of nitrogens with zero attached hydrogens (tertiary/aromatic N) is 4. The molecule has 0 bridgehead atoms. The number of amides is 1. The highest BCUT2D eigenvalue weighted by atomic mass is 32.2. The van der Waals surface area contributed by atoms with Crippen LogP contribution in [0.5, 0.6) is 0 Å². The van der Waals surface area contributed by atoms with E-state index in [-0.39, 0.29) is 11.2 Å².